The molecule has 0 aliphatic rings. The molecular weight excluding hydrogens is 232 g/mol. The van der Waals surface area contributed by atoms with Gasteiger partial charge in [0.1, 0.15) is 0 Å². The molecule has 0 saturated carbocycles. The first-order valence-corrected chi connectivity index (χ1v) is 7.31. The molecule has 0 aliphatic carbocycles. The third-order valence-corrected chi connectivity index (χ3v) is 4.03. The maximum atomic E-state index is 3.35. The van der Waals surface area contributed by atoms with Crippen molar-refractivity contribution < 1.29 is 0 Å². The van der Waals surface area contributed by atoms with E-state index < -0.39 is 0 Å². The van der Waals surface area contributed by atoms with Crippen LogP contribution in [0.3, 0.4) is 0 Å². The number of benzene rings is 1. The van der Waals surface area contributed by atoms with Gasteiger partial charge in [0, 0.05) is 6.04 Å². The molecule has 0 heterocycles. The molecule has 0 aromatic heterocycles. The lowest BCUT2D eigenvalue weighted by molar-refractivity contribution is 0.203. The molecule has 1 N–H and O–H groups in total. The number of hydrogen-bond acceptors (Lipinski definition) is 2. The van der Waals surface area contributed by atoms with Crippen molar-refractivity contribution in [2.24, 2.45) is 5.92 Å². The van der Waals surface area contributed by atoms with Crippen molar-refractivity contribution in [1.29, 1.82) is 0 Å². The molecule has 2 atom stereocenters. The van der Waals surface area contributed by atoms with Crippen LogP contribution >= 0.6 is 0 Å². The lowest BCUT2D eigenvalue weighted by Gasteiger charge is -2.34. The van der Waals surface area contributed by atoms with Crippen LogP contribution in [0.25, 0.3) is 0 Å². The van der Waals surface area contributed by atoms with E-state index in [1.807, 2.05) is 7.05 Å². The monoisotopic (exact) mass is 262 g/mol. The van der Waals surface area contributed by atoms with Gasteiger partial charge in [0.25, 0.3) is 0 Å². The molecule has 2 nitrogen and oxygen atoms in total. The highest BCUT2D eigenvalue weighted by molar-refractivity contribution is 5.40. The molecule has 0 bridgehead atoms. The van der Waals surface area contributed by atoms with Crippen LogP contribution in [0.2, 0.25) is 0 Å². The summed E-state index contributed by atoms with van der Waals surface area (Å²) in [6.07, 6.45) is 1.19. The molecule has 19 heavy (non-hydrogen) atoms. The summed E-state index contributed by atoms with van der Waals surface area (Å²) in [7, 11) is 6.44. The van der Waals surface area contributed by atoms with Crippen molar-refractivity contribution in [1.82, 2.24) is 10.2 Å². The SMILES string of the molecule is CCC(CNC)C(c1c(C)cc(C)cc1C)N(C)C. The average Bonchev–Trinajstić information content (AvgIpc) is 2.30. The predicted octanol–water partition coefficient (Wildman–Crippen LogP) is 3.46. The zero-order chi connectivity index (χ0) is 14.6. The third-order valence-electron chi connectivity index (χ3n) is 4.03. The van der Waals surface area contributed by atoms with Gasteiger partial charge in [0.05, 0.1) is 0 Å². The van der Waals surface area contributed by atoms with Crippen LogP contribution in [0.4, 0.5) is 0 Å². The minimum atomic E-state index is 0.484. The van der Waals surface area contributed by atoms with Crippen molar-refractivity contribution in [2.45, 2.75) is 40.2 Å². The number of hydrogen-bond donors (Lipinski definition) is 1. The molecule has 1 aromatic rings. The Balaban J connectivity index is 3.26. The van der Waals surface area contributed by atoms with Gasteiger partial charge < -0.3 is 10.2 Å². The van der Waals surface area contributed by atoms with E-state index in [0.717, 1.165) is 6.54 Å². The number of aryl methyl sites for hydroxylation is 3. The van der Waals surface area contributed by atoms with Gasteiger partial charge in [-0.2, -0.15) is 0 Å². The number of nitrogens with one attached hydrogen (secondary N) is 1. The Morgan fingerprint density at radius 3 is 2.00 bits per heavy atom. The molecule has 0 fully saturated rings. The average molecular weight is 262 g/mol. The fourth-order valence-corrected chi connectivity index (χ4v) is 3.31. The van der Waals surface area contributed by atoms with Crippen LogP contribution in [0, 0.1) is 26.7 Å². The number of rotatable bonds is 6. The summed E-state index contributed by atoms with van der Waals surface area (Å²) in [5.74, 6) is 0.639. The van der Waals surface area contributed by atoms with Gasteiger partial charge in [-0.1, -0.05) is 31.0 Å². The van der Waals surface area contributed by atoms with E-state index in [1.54, 1.807) is 0 Å². The minimum Gasteiger partial charge on any atom is -0.319 e. The molecular formula is C17H30N2. The zero-order valence-electron chi connectivity index (χ0n) is 13.7. The summed E-state index contributed by atoms with van der Waals surface area (Å²) in [6, 6.07) is 5.11. The summed E-state index contributed by atoms with van der Waals surface area (Å²) < 4.78 is 0. The Morgan fingerprint density at radius 1 is 1.11 bits per heavy atom. The maximum absolute atomic E-state index is 3.35. The van der Waals surface area contributed by atoms with Gasteiger partial charge in [-0.05, 0) is 71.1 Å². The van der Waals surface area contributed by atoms with E-state index in [-0.39, 0.29) is 0 Å². The Labute approximate surface area is 119 Å². The first-order valence-electron chi connectivity index (χ1n) is 7.31. The highest BCUT2D eigenvalue weighted by Crippen LogP contribution is 2.33. The maximum Gasteiger partial charge on any atom is 0.0387 e. The van der Waals surface area contributed by atoms with Crippen molar-refractivity contribution in [3.05, 3.63) is 34.4 Å². The Kier molecular flexibility index (Phi) is 6.02. The first-order chi connectivity index (χ1) is 8.92. The highest BCUT2D eigenvalue weighted by Gasteiger charge is 2.26. The molecule has 0 amide bonds. The summed E-state index contributed by atoms with van der Waals surface area (Å²) in [4.78, 5) is 2.37. The van der Waals surface area contributed by atoms with E-state index in [9.17, 15) is 0 Å². The standard InChI is InChI=1S/C17H30N2/c1-8-15(11-18-5)17(19(6)7)16-13(3)9-12(2)10-14(16)4/h9-10,15,17-18H,8,11H2,1-7H3. The van der Waals surface area contributed by atoms with Crippen molar-refractivity contribution in [2.75, 3.05) is 27.7 Å². The van der Waals surface area contributed by atoms with Gasteiger partial charge in [0.15, 0.2) is 0 Å². The lowest BCUT2D eigenvalue weighted by Crippen LogP contribution is -2.34. The van der Waals surface area contributed by atoms with Gasteiger partial charge in [0.2, 0.25) is 0 Å². The van der Waals surface area contributed by atoms with E-state index >= 15 is 0 Å². The minimum absolute atomic E-state index is 0.484. The second kappa shape index (κ2) is 7.06. The summed E-state index contributed by atoms with van der Waals surface area (Å²) >= 11 is 0. The molecule has 1 rings (SSSR count). The third kappa shape index (κ3) is 3.80. The van der Waals surface area contributed by atoms with E-state index in [2.05, 4.69) is 64.1 Å². The molecule has 0 aliphatic heterocycles. The molecule has 0 radical (unpaired) electrons. The fraction of sp³-hybridized carbons (Fsp3) is 0.647. The van der Waals surface area contributed by atoms with Crippen LogP contribution in [0.5, 0.6) is 0 Å². The zero-order valence-corrected chi connectivity index (χ0v) is 13.7. The van der Waals surface area contributed by atoms with E-state index in [1.165, 1.54) is 28.7 Å². The molecule has 108 valence electrons. The van der Waals surface area contributed by atoms with Crippen molar-refractivity contribution >= 4 is 0 Å². The van der Waals surface area contributed by atoms with Gasteiger partial charge >= 0.3 is 0 Å². The number of nitrogens with zero attached hydrogens (tertiary/aromatic N) is 1. The van der Waals surface area contributed by atoms with Crippen LogP contribution in [-0.2, 0) is 0 Å². The molecule has 0 spiro atoms. The van der Waals surface area contributed by atoms with Crippen LogP contribution in [-0.4, -0.2) is 32.6 Å². The van der Waals surface area contributed by atoms with Crippen molar-refractivity contribution in [3.8, 4) is 0 Å². The summed E-state index contributed by atoms with van der Waals surface area (Å²) in [5, 5.41) is 3.35. The second-order valence-corrected chi connectivity index (χ2v) is 5.95. The summed E-state index contributed by atoms with van der Waals surface area (Å²) in [6.45, 7) is 10.0. The van der Waals surface area contributed by atoms with Crippen LogP contribution in [0.15, 0.2) is 12.1 Å². The smallest absolute Gasteiger partial charge is 0.0387 e. The fourth-order valence-electron chi connectivity index (χ4n) is 3.31. The van der Waals surface area contributed by atoms with Gasteiger partial charge in [-0.15, -0.1) is 0 Å². The topological polar surface area (TPSA) is 15.3 Å². The predicted molar refractivity (Wildman–Crippen MR) is 84.8 cm³/mol. The van der Waals surface area contributed by atoms with E-state index in [4.69, 9.17) is 0 Å². The Bertz CT molecular complexity index is 387. The molecule has 0 saturated heterocycles. The quantitative estimate of drug-likeness (QED) is 0.844. The van der Waals surface area contributed by atoms with Crippen LogP contribution in [0.1, 0.15) is 41.6 Å². The Hall–Kier alpha value is -0.860. The largest absolute Gasteiger partial charge is 0.319 e. The molecule has 2 unspecified atom stereocenters. The molecule has 2 heteroatoms. The summed E-state index contributed by atoms with van der Waals surface area (Å²) in [5.41, 5.74) is 5.71. The van der Waals surface area contributed by atoms with Gasteiger partial charge in [-0.25, -0.2) is 0 Å². The van der Waals surface area contributed by atoms with Crippen LogP contribution < -0.4 is 5.32 Å². The van der Waals surface area contributed by atoms with Crippen molar-refractivity contribution in [3.63, 3.8) is 0 Å². The normalized spacial score (nSPS) is 14.7. The Morgan fingerprint density at radius 2 is 1.63 bits per heavy atom. The highest BCUT2D eigenvalue weighted by atomic mass is 15.1. The van der Waals surface area contributed by atoms with Gasteiger partial charge in [-0.3, -0.25) is 0 Å². The van der Waals surface area contributed by atoms with E-state index in [0.29, 0.717) is 12.0 Å². The lowest BCUT2D eigenvalue weighted by atomic mass is 9.84. The second-order valence-electron chi connectivity index (χ2n) is 5.95. The molecule has 1 aromatic carbocycles. The first kappa shape index (κ1) is 16.2.